The highest BCUT2D eigenvalue weighted by Gasteiger charge is 2.55. The lowest BCUT2D eigenvalue weighted by Crippen LogP contribution is -2.53. The van der Waals surface area contributed by atoms with Crippen molar-refractivity contribution in [1.82, 2.24) is 10.1 Å². The van der Waals surface area contributed by atoms with Gasteiger partial charge in [0, 0.05) is 23.6 Å². The maximum atomic E-state index is 13.8. The van der Waals surface area contributed by atoms with Crippen molar-refractivity contribution in [2.24, 2.45) is 5.41 Å². The summed E-state index contributed by atoms with van der Waals surface area (Å²) in [5.41, 5.74) is -1.22. The molecule has 1 amide bonds. The van der Waals surface area contributed by atoms with E-state index in [0.29, 0.717) is 17.5 Å². The fourth-order valence-corrected chi connectivity index (χ4v) is 6.63. The zero-order chi connectivity index (χ0) is 31.5. The number of hydrogen-bond acceptors (Lipinski definition) is 6. The molecule has 4 saturated carbocycles. The highest BCUT2D eigenvalue weighted by Crippen LogP contribution is 2.58. The summed E-state index contributed by atoms with van der Waals surface area (Å²) in [5.74, 6) is 1.91. The Hall–Kier alpha value is -3.40. The molecule has 3 aromatic rings. The second-order valence-electron chi connectivity index (χ2n) is 14.2. The van der Waals surface area contributed by atoms with Crippen molar-refractivity contribution in [3.63, 3.8) is 0 Å². The molecule has 2 bridgehead atoms. The van der Waals surface area contributed by atoms with Crippen LogP contribution < -0.4 is 4.90 Å². The van der Waals surface area contributed by atoms with Crippen LogP contribution in [0, 0.1) is 5.41 Å². The number of carbonyl (C=O) groups excluding carboxylic acids is 1. The topological polar surface area (TPSA) is 88.7 Å². The molecule has 0 saturated heterocycles. The Morgan fingerprint density at radius 2 is 1.61 bits per heavy atom. The van der Waals surface area contributed by atoms with Gasteiger partial charge in [-0.05, 0) is 113 Å². The number of anilines is 1. The van der Waals surface area contributed by atoms with Gasteiger partial charge in [0.15, 0.2) is 5.82 Å². The minimum atomic E-state index is -4.73. The molecule has 0 aliphatic heterocycles. The molecular formula is C34H40F3N3O4. The quantitative estimate of drug-likeness (QED) is 0.275. The van der Waals surface area contributed by atoms with Crippen molar-refractivity contribution in [2.45, 2.75) is 108 Å². The number of carbonyl (C=O) groups is 1. The van der Waals surface area contributed by atoms with Crippen LogP contribution in [0.25, 0.3) is 11.1 Å². The zero-order valence-corrected chi connectivity index (χ0v) is 25.7. The van der Waals surface area contributed by atoms with E-state index in [1.54, 1.807) is 26.0 Å². The maximum absolute atomic E-state index is 13.8. The largest absolute Gasteiger partial charge is 0.433 e. The molecule has 4 aliphatic rings. The number of fused-ring (bicyclic) bond motifs is 3. The number of amides is 1. The first-order chi connectivity index (χ1) is 20.6. The fourth-order valence-electron chi connectivity index (χ4n) is 6.63. The van der Waals surface area contributed by atoms with E-state index < -0.39 is 23.5 Å². The van der Waals surface area contributed by atoms with Crippen LogP contribution in [-0.2, 0) is 15.8 Å². The average Bonchev–Trinajstić information content (AvgIpc) is 3.71. The molecule has 1 aromatic heterocycles. The second-order valence-corrected chi connectivity index (χ2v) is 14.2. The number of aliphatic hydroxyl groups is 1. The molecule has 0 spiro atoms. The van der Waals surface area contributed by atoms with Crippen LogP contribution in [-0.4, -0.2) is 39.7 Å². The molecule has 0 unspecified atom stereocenters. The van der Waals surface area contributed by atoms with E-state index in [9.17, 15) is 23.1 Å². The first kappa shape index (κ1) is 30.6. The Morgan fingerprint density at radius 3 is 2.18 bits per heavy atom. The van der Waals surface area contributed by atoms with Crippen molar-refractivity contribution in [3.05, 3.63) is 65.8 Å². The molecule has 0 radical (unpaired) electrons. The zero-order valence-electron chi connectivity index (χ0n) is 25.7. The summed E-state index contributed by atoms with van der Waals surface area (Å²) in [7, 11) is 0. The van der Waals surface area contributed by atoms with Gasteiger partial charge in [0.2, 0.25) is 11.5 Å². The Kier molecular flexibility index (Phi) is 7.38. The summed E-state index contributed by atoms with van der Waals surface area (Å²) in [6.07, 6.45) is 1.28. The average molecular weight is 612 g/mol. The summed E-state index contributed by atoms with van der Waals surface area (Å²) in [5, 5.41) is 14.6. The monoisotopic (exact) mass is 611 g/mol. The lowest BCUT2D eigenvalue weighted by Gasteiger charge is -2.53. The number of alkyl halides is 3. The fraction of sp³-hybridized carbons (Fsp3) is 0.559. The molecule has 4 aliphatic carbocycles. The number of nitrogens with zero attached hydrogens (tertiary/aromatic N) is 3. The highest BCUT2D eigenvalue weighted by atomic mass is 19.4. The van der Waals surface area contributed by atoms with Gasteiger partial charge in [0.1, 0.15) is 0 Å². The number of rotatable bonds is 8. The molecule has 44 heavy (non-hydrogen) atoms. The maximum Gasteiger partial charge on any atom is 0.427 e. The number of halogens is 3. The summed E-state index contributed by atoms with van der Waals surface area (Å²) in [6, 6.07) is 14.7. The van der Waals surface area contributed by atoms with Crippen LogP contribution in [0.5, 0.6) is 0 Å². The van der Waals surface area contributed by atoms with Gasteiger partial charge in [0.05, 0.1) is 5.60 Å². The van der Waals surface area contributed by atoms with Crippen LogP contribution in [0.1, 0.15) is 102 Å². The van der Waals surface area contributed by atoms with Crippen LogP contribution in [0.4, 0.5) is 23.7 Å². The minimum absolute atomic E-state index is 0.180. The summed E-state index contributed by atoms with van der Waals surface area (Å²) in [4.78, 5) is 19.8. The van der Waals surface area contributed by atoms with Gasteiger partial charge in [-0.1, -0.05) is 41.6 Å². The van der Waals surface area contributed by atoms with Gasteiger partial charge in [-0.3, -0.25) is 4.90 Å². The van der Waals surface area contributed by atoms with Crippen LogP contribution in [0.2, 0.25) is 0 Å². The summed E-state index contributed by atoms with van der Waals surface area (Å²) in [6.45, 7) is 5.41. The first-order valence-electron chi connectivity index (χ1n) is 15.4. The van der Waals surface area contributed by atoms with Crippen molar-refractivity contribution >= 4 is 11.8 Å². The molecule has 0 atom stereocenters. The number of aromatic nitrogens is 2. The van der Waals surface area contributed by atoms with E-state index in [0.717, 1.165) is 87.7 Å². The predicted octanol–water partition coefficient (Wildman–Crippen LogP) is 8.42. The predicted molar refractivity (Wildman–Crippen MR) is 159 cm³/mol. The Morgan fingerprint density at radius 1 is 0.977 bits per heavy atom. The van der Waals surface area contributed by atoms with Gasteiger partial charge >= 0.3 is 12.3 Å². The van der Waals surface area contributed by atoms with E-state index in [-0.39, 0.29) is 17.4 Å². The van der Waals surface area contributed by atoms with E-state index in [1.165, 1.54) is 4.90 Å². The van der Waals surface area contributed by atoms with Crippen molar-refractivity contribution in [3.8, 4) is 11.1 Å². The highest BCUT2D eigenvalue weighted by molar-refractivity contribution is 5.89. The molecule has 4 fully saturated rings. The molecule has 2 aromatic carbocycles. The first-order valence-corrected chi connectivity index (χ1v) is 15.4. The molecule has 236 valence electrons. The molecule has 1 N–H and O–H groups in total. The third-order valence-electron chi connectivity index (χ3n) is 10.1. The second kappa shape index (κ2) is 10.6. The summed E-state index contributed by atoms with van der Waals surface area (Å²) < 4.78 is 52.3. The van der Waals surface area contributed by atoms with Crippen molar-refractivity contribution < 1.29 is 32.3 Å². The van der Waals surface area contributed by atoms with E-state index in [2.05, 4.69) is 5.16 Å². The third-order valence-corrected chi connectivity index (χ3v) is 10.1. The van der Waals surface area contributed by atoms with E-state index >= 15 is 0 Å². The van der Waals surface area contributed by atoms with Crippen molar-refractivity contribution in [1.29, 1.82) is 0 Å². The smallest absolute Gasteiger partial charge is 0.427 e. The van der Waals surface area contributed by atoms with Gasteiger partial charge in [-0.15, -0.1) is 0 Å². The lowest BCUT2D eigenvalue weighted by molar-refractivity contribution is -0.243. The van der Waals surface area contributed by atoms with Gasteiger partial charge in [0.25, 0.3) is 0 Å². The minimum Gasteiger partial charge on any atom is -0.433 e. The normalized spacial score (nSPS) is 23.9. The van der Waals surface area contributed by atoms with E-state index in [1.807, 2.05) is 36.4 Å². The third kappa shape index (κ3) is 5.85. The Balaban J connectivity index is 1.27. The Labute approximate surface area is 255 Å². The molecular weight excluding hydrogens is 571 g/mol. The lowest BCUT2D eigenvalue weighted by atomic mass is 9.53. The molecule has 10 heteroatoms. The van der Waals surface area contributed by atoms with Gasteiger partial charge in [-0.2, -0.15) is 18.2 Å². The number of ether oxygens (including phenoxy) is 1. The molecule has 7 nitrogen and oxygen atoms in total. The van der Waals surface area contributed by atoms with Crippen LogP contribution in [0.15, 0.2) is 53.1 Å². The van der Waals surface area contributed by atoms with Gasteiger partial charge in [-0.25, -0.2) is 4.79 Å². The summed E-state index contributed by atoms with van der Waals surface area (Å²) >= 11 is 0. The van der Waals surface area contributed by atoms with Crippen LogP contribution in [0.3, 0.4) is 0 Å². The van der Waals surface area contributed by atoms with Gasteiger partial charge < -0.3 is 14.4 Å². The number of benzene rings is 2. The van der Waals surface area contributed by atoms with E-state index in [4.69, 9.17) is 14.2 Å². The SMILES string of the molecule is CC(C)(O)c1ccc(-c2cccc(N(CC34CCC(c5nc(C6CC6)no5)(CC3)CC4)C(=O)OC(C)(C)C(F)(F)F)c2)cc1. The standard InChI is InChI=1S/C34H40F3N3O4/c1-30(2,42)25-12-10-22(11-13-25)24-6-5-7-26(20-24)40(29(41)43-31(3,4)34(35,36)37)21-32-14-17-33(18-15-32,19-16-32)28-38-27(39-44-28)23-8-9-23/h5-7,10-13,20,23,42H,8-9,14-19,21H2,1-4H3. The number of hydrogen-bond donors (Lipinski definition) is 1. The molecule has 7 rings (SSSR count). The van der Waals surface area contributed by atoms with Crippen molar-refractivity contribution in [2.75, 3.05) is 11.4 Å². The molecule has 1 heterocycles. The van der Waals surface area contributed by atoms with Crippen LogP contribution >= 0.6 is 0 Å². The Bertz CT molecular complexity index is 1490.